The zero-order valence-electron chi connectivity index (χ0n) is 8.66. The van der Waals surface area contributed by atoms with Crippen LogP contribution in [0.25, 0.3) is 0 Å². The van der Waals surface area contributed by atoms with Gasteiger partial charge in [-0.2, -0.15) is 5.26 Å². The molecule has 3 rings (SSSR count). The van der Waals surface area contributed by atoms with Crippen molar-refractivity contribution in [2.24, 2.45) is 0 Å². The first kappa shape index (κ1) is 8.94. The summed E-state index contributed by atoms with van der Waals surface area (Å²) in [5.41, 5.74) is 3.68. The van der Waals surface area contributed by atoms with Crippen molar-refractivity contribution in [2.75, 3.05) is 6.54 Å². The maximum Gasteiger partial charge on any atom is 0.0991 e. The molecule has 1 aliphatic carbocycles. The summed E-state index contributed by atoms with van der Waals surface area (Å²) in [6.07, 6.45) is 3.62. The lowest BCUT2D eigenvalue weighted by Crippen LogP contribution is -2.42. The molecule has 2 unspecified atom stereocenters. The number of hydrogen-bond acceptors (Lipinski definition) is 2. The second kappa shape index (κ2) is 3.36. The van der Waals surface area contributed by atoms with E-state index in [1.54, 1.807) is 0 Å². The number of benzene rings is 1. The monoisotopic (exact) mass is 198 g/mol. The maximum atomic E-state index is 8.88. The summed E-state index contributed by atoms with van der Waals surface area (Å²) in [6.45, 7) is 1.15. The Hall–Kier alpha value is -1.33. The molecule has 1 fully saturated rings. The molecule has 0 spiro atoms. The Bertz CT molecular complexity index is 431. The molecule has 2 bridgehead atoms. The highest BCUT2D eigenvalue weighted by atomic mass is 14.9. The van der Waals surface area contributed by atoms with Crippen LogP contribution in [-0.2, 0) is 6.42 Å². The smallest absolute Gasteiger partial charge is 0.0991 e. The van der Waals surface area contributed by atoms with Crippen molar-refractivity contribution in [3.05, 3.63) is 34.9 Å². The van der Waals surface area contributed by atoms with Gasteiger partial charge in [0.25, 0.3) is 0 Å². The third-order valence-electron chi connectivity index (χ3n) is 3.67. The van der Waals surface area contributed by atoms with E-state index in [4.69, 9.17) is 5.26 Å². The first-order chi connectivity index (χ1) is 7.36. The van der Waals surface area contributed by atoms with Gasteiger partial charge in [0.2, 0.25) is 0 Å². The van der Waals surface area contributed by atoms with Crippen LogP contribution in [0.4, 0.5) is 0 Å². The zero-order valence-corrected chi connectivity index (χ0v) is 8.66. The van der Waals surface area contributed by atoms with Crippen LogP contribution in [0.15, 0.2) is 18.2 Å². The molecule has 1 aliphatic heterocycles. The van der Waals surface area contributed by atoms with E-state index in [0.29, 0.717) is 6.04 Å². The third kappa shape index (κ3) is 1.44. The van der Waals surface area contributed by atoms with Crippen LogP contribution in [0, 0.1) is 11.3 Å². The highest BCUT2D eigenvalue weighted by Crippen LogP contribution is 2.36. The van der Waals surface area contributed by atoms with E-state index in [1.807, 2.05) is 6.07 Å². The first-order valence-electron chi connectivity index (χ1n) is 5.63. The molecule has 1 heterocycles. The van der Waals surface area contributed by atoms with Crippen molar-refractivity contribution in [1.82, 2.24) is 5.32 Å². The highest BCUT2D eigenvalue weighted by Gasteiger charge is 2.29. The van der Waals surface area contributed by atoms with Gasteiger partial charge < -0.3 is 5.32 Å². The van der Waals surface area contributed by atoms with Gasteiger partial charge in [0.1, 0.15) is 0 Å². The second-order valence-electron chi connectivity index (χ2n) is 4.60. The Morgan fingerprint density at radius 3 is 3.20 bits per heavy atom. The van der Waals surface area contributed by atoms with Gasteiger partial charge in [0.05, 0.1) is 11.6 Å². The van der Waals surface area contributed by atoms with E-state index in [-0.39, 0.29) is 0 Å². The average molecular weight is 198 g/mol. The quantitative estimate of drug-likeness (QED) is 0.691. The largest absolute Gasteiger partial charge is 0.314 e. The van der Waals surface area contributed by atoms with Crippen LogP contribution in [0.3, 0.4) is 0 Å². The molecule has 1 aromatic rings. The minimum absolute atomic E-state index is 0.644. The fourth-order valence-electron chi connectivity index (χ4n) is 2.96. The molecule has 0 radical (unpaired) electrons. The molecule has 2 nitrogen and oxygen atoms in total. The van der Waals surface area contributed by atoms with E-state index in [0.717, 1.165) is 24.4 Å². The van der Waals surface area contributed by atoms with Crippen LogP contribution in [-0.4, -0.2) is 12.6 Å². The Morgan fingerprint density at radius 1 is 1.40 bits per heavy atom. The van der Waals surface area contributed by atoms with Crippen molar-refractivity contribution in [2.45, 2.75) is 31.2 Å². The van der Waals surface area contributed by atoms with Crippen molar-refractivity contribution >= 4 is 0 Å². The topological polar surface area (TPSA) is 35.8 Å². The summed E-state index contributed by atoms with van der Waals surface area (Å²) in [5.74, 6) is 0.729. The highest BCUT2D eigenvalue weighted by molar-refractivity contribution is 5.42. The standard InChI is InChI=1S/C13H14N2/c14-8-9-1-2-13-10-3-4-15-12(6-10)7-11(13)5-9/h1-2,5,10,12,15H,3-4,6-7H2. The molecule has 1 saturated heterocycles. The summed E-state index contributed by atoms with van der Waals surface area (Å²) in [7, 11) is 0. The van der Waals surface area contributed by atoms with Crippen molar-refractivity contribution in [3.8, 4) is 6.07 Å². The minimum Gasteiger partial charge on any atom is -0.314 e. The average Bonchev–Trinajstić information content (AvgIpc) is 2.28. The molecule has 0 saturated carbocycles. The number of nitriles is 1. The van der Waals surface area contributed by atoms with E-state index < -0.39 is 0 Å². The van der Waals surface area contributed by atoms with Gasteiger partial charge in [-0.1, -0.05) is 6.07 Å². The predicted octanol–water partition coefficient (Wildman–Crippen LogP) is 1.95. The summed E-state index contributed by atoms with van der Waals surface area (Å²) < 4.78 is 0. The Labute approximate surface area is 89.9 Å². The number of nitrogens with zero attached hydrogens (tertiary/aromatic N) is 1. The molecule has 1 aromatic carbocycles. The molecule has 15 heavy (non-hydrogen) atoms. The van der Waals surface area contributed by atoms with Crippen LogP contribution < -0.4 is 5.32 Å². The number of hydrogen-bond donors (Lipinski definition) is 1. The summed E-state index contributed by atoms with van der Waals surface area (Å²) in [6, 6.07) is 9.06. The Kier molecular flexibility index (Phi) is 2.00. The van der Waals surface area contributed by atoms with Crippen LogP contribution >= 0.6 is 0 Å². The van der Waals surface area contributed by atoms with E-state index in [2.05, 4.69) is 23.5 Å². The summed E-state index contributed by atoms with van der Waals surface area (Å²) in [4.78, 5) is 0. The predicted molar refractivity (Wildman–Crippen MR) is 58.6 cm³/mol. The van der Waals surface area contributed by atoms with Crippen molar-refractivity contribution < 1.29 is 0 Å². The fourth-order valence-corrected chi connectivity index (χ4v) is 2.96. The van der Waals surface area contributed by atoms with Crippen molar-refractivity contribution in [1.29, 1.82) is 5.26 Å². The third-order valence-corrected chi connectivity index (χ3v) is 3.67. The van der Waals surface area contributed by atoms with E-state index in [1.165, 1.54) is 24.0 Å². The number of piperidine rings is 1. The molecule has 2 aliphatic rings. The normalized spacial score (nSPS) is 27.9. The van der Waals surface area contributed by atoms with Crippen LogP contribution in [0.2, 0.25) is 0 Å². The fraction of sp³-hybridized carbons (Fsp3) is 0.462. The van der Waals surface area contributed by atoms with Gasteiger partial charge in [-0.15, -0.1) is 0 Å². The summed E-state index contributed by atoms with van der Waals surface area (Å²) in [5, 5.41) is 12.4. The lowest BCUT2D eigenvalue weighted by atomic mass is 9.76. The number of rotatable bonds is 0. The van der Waals surface area contributed by atoms with Gasteiger partial charge in [0, 0.05) is 6.04 Å². The van der Waals surface area contributed by atoms with E-state index >= 15 is 0 Å². The molecule has 2 atom stereocenters. The Morgan fingerprint density at radius 2 is 2.33 bits per heavy atom. The molecule has 0 amide bonds. The summed E-state index contributed by atoms with van der Waals surface area (Å²) >= 11 is 0. The molecule has 1 N–H and O–H groups in total. The molecule has 76 valence electrons. The number of nitrogens with one attached hydrogen (secondary N) is 1. The minimum atomic E-state index is 0.644. The molecular weight excluding hydrogens is 184 g/mol. The molecule has 0 aromatic heterocycles. The lowest BCUT2D eigenvalue weighted by molar-refractivity contribution is 0.339. The van der Waals surface area contributed by atoms with E-state index in [9.17, 15) is 0 Å². The second-order valence-corrected chi connectivity index (χ2v) is 4.60. The molecular formula is C13H14N2. The van der Waals surface area contributed by atoms with Gasteiger partial charge in [-0.25, -0.2) is 0 Å². The maximum absolute atomic E-state index is 8.88. The van der Waals surface area contributed by atoms with Gasteiger partial charge in [-0.05, 0) is 55.0 Å². The number of fused-ring (bicyclic) bond motifs is 4. The van der Waals surface area contributed by atoms with Crippen molar-refractivity contribution in [3.63, 3.8) is 0 Å². The van der Waals surface area contributed by atoms with Crippen LogP contribution in [0.5, 0.6) is 0 Å². The van der Waals surface area contributed by atoms with Gasteiger partial charge >= 0.3 is 0 Å². The van der Waals surface area contributed by atoms with Crippen LogP contribution in [0.1, 0.15) is 35.4 Å². The molecule has 2 heteroatoms. The SMILES string of the molecule is N#Cc1ccc2c(c1)CC1CC2CCN1. The lowest BCUT2D eigenvalue weighted by Gasteiger charge is -2.37. The zero-order chi connectivity index (χ0) is 10.3. The Balaban J connectivity index is 2.06. The van der Waals surface area contributed by atoms with Gasteiger partial charge in [-0.3, -0.25) is 0 Å². The van der Waals surface area contributed by atoms with Gasteiger partial charge in [0.15, 0.2) is 0 Å². The first-order valence-corrected chi connectivity index (χ1v) is 5.63.